The predicted octanol–water partition coefficient (Wildman–Crippen LogP) is 2.56. The van der Waals surface area contributed by atoms with Gasteiger partial charge in [0.1, 0.15) is 12.4 Å². The Morgan fingerprint density at radius 3 is 2.77 bits per heavy atom. The summed E-state index contributed by atoms with van der Waals surface area (Å²) >= 11 is 0. The molecule has 0 unspecified atom stereocenters. The molecule has 0 spiro atoms. The molecular weight excluding hydrogens is 280 g/mol. The minimum absolute atomic E-state index is 0.0183. The first-order chi connectivity index (χ1) is 10.8. The van der Waals surface area contributed by atoms with Crippen molar-refractivity contribution >= 4 is 0 Å². The molecule has 1 aromatic heterocycles. The third kappa shape index (κ3) is 3.67. The number of aromatic nitrogens is 1. The van der Waals surface area contributed by atoms with Crippen molar-refractivity contribution in [1.29, 1.82) is 0 Å². The molecule has 0 atom stereocenters. The van der Waals surface area contributed by atoms with Crippen LogP contribution in [-0.2, 0) is 17.8 Å². The summed E-state index contributed by atoms with van der Waals surface area (Å²) < 4.78 is 16.4. The van der Waals surface area contributed by atoms with Crippen molar-refractivity contribution in [2.45, 2.75) is 31.9 Å². The van der Waals surface area contributed by atoms with E-state index < -0.39 is 0 Å². The molecule has 1 N–H and O–H groups in total. The Morgan fingerprint density at radius 2 is 2.09 bits per heavy atom. The lowest BCUT2D eigenvalue weighted by atomic mass is 9.91. The molecule has 0 aliphatic carbocycles. The van der Waals surface area contributed by atoms with Gasteiger partial charge < -0.3 is 19.3 Å². The lowest BCUT2D eigenvalue weighted by molar-refractivity contribution is -0.0743. The molecule has 2 heterocycles. The minimum atomic E-state index is 0.0183. The molecule has 5 nitrogen and oxygen atoms in total. The van der Waals surface area contributed by atoms with Gasteiger partial charge in [-0.15, -0.1) is 0 Å². The van der Waals surface area contributed by atoms with Gasteiger partial charge in [0.2, 0.25) is 0 Å². The zero-order chi connectivity index (χ0) is 15.3. The van der Waals surface area contributed by atoms with Crippen LogP contribution >= 0.6 is 0 Å². The van der Waals surface area contributed by atoms with Crippen molar-refractivity contribution in [2.75, 3.05) is 19.8 Å². The molecule has 1 aromatic carbocycles. The average Bonchev–Trinajstić information content (AvgIpc) is 2.96. The van der Waals surface area contributed by atoms with Crippen LogP contribution in [0.1, 0.15) is 24.8 Å². The Hall–Kier alpha value is -1.85. The first-order valence-electron chi connectivity index (χ1n) is 7.75. The summed E-state index contributed by atoms with van der Waals surface area (Å²) in [5, 5.41) is 7.71. The van der Waals surface area contributed by atoms with Crippen molar-refractivity contribution < 1.29 is 14.0 Å². The van der Waals surface area contributed by atoms with E-state index in [2.05, 4.69) is 17.4 Å². The van der Waals surface area contributed by atoms with Crippen molar-refractivity contribution in [2.24, 2.45) is 0 Å². The van der Waals surface area contributed by atoms with Gasteiger partial charge in [-0.25, -0.2) is 0 Å². The highest BCUT2D eigenvalue weighted by atomic mass is 16.5. The largest absolute Gasteiger partial charge is 0.486 e. The molecule has 0 bridgehead atoms. The third-order valence-corrected chi connectivity index (χ3v) is 3.76. The van der Waals surface area contributed by atoms with Crippen LogP contribution in [0.15, 0.2) is 40.9 Å². The topological polar surface area (TPSA) is 56.5 Å². The van der Waals surface area contributed by atoms with E-state index >= 15 is 0 Å². The maximum Gasteiger partial charge on any atom is 0.174 e. The van der Waals surface area contributed by atoms with Gasteiger partial charge in [-0.3, -0.25) is 0 Å². The highest BCUT2D eigenvalue weighted by molar-refractivity contribution is 5.21. The normalized spacial score (nSPS) is 16.2. The number of hydrogen-bond donors (Lipinski definition) is 1. The molecule has 1 aliphatic rings. The van der Waals surface area contributed by atoms with Crippen LogP contribution in [0.3, 0.4) is 0 Å². The van der Waals surface area contributed by atoms with Crippen molar-refractivity contribution in [3.63, 3.8) is 0 Å². The van der Waals surface area contributed by atoms with Gasteiger partial charge in [0.05, 0.1) is 24.4 Å². The maximum absolute atomic E-state index is 5.67. The molecule has 3 rings (SSSR count). The first-order valence-corrected chi connectivity index (χ1v) is 7.75. The van der Waals surface area contributed by atoms with Gasteiger partial charge in [0.15, 0.2) is 5.76 Å². The van der Waals surface area contributed by atoms with Gasteiger partial charge in [0.25, 0.3) is 0 Å². The second-order valence-electron chi connectivity index (χ2n) is 5.76. The Balaban J connectivity index is 1.54. The molecule has 22 heavy (non-hydrogen) atoms. The summed E-state index contributed by atoms with van der Waals surface area (Å²) in [4.78, 5) is 0. The highest BCUT2D eigenvalue weighted by Gasteiger charge is 2.38. The lowest BCUT2D eigenvalue weighted by Crippen LogP contribution is -2.62. The molecule has 5 heteroatoms. The van der Waals surface area contributed by atoms with E-state index in [1.807, 2.05) is 36.4 Å². The highest BCUT2D eigenvalue weighted by Crippen LogP contribution is 2.23. The Morgan fingerprint density at radius 1 is 1.27 bits per heavy atom. The van der Waals surface area contributed by atoms with Crippen LogP contribution in [0.5, 0.6) is 5.75 Å². The van der Waals surface area contributed by atoms with Gasteiger partial charge in [-0.05, 0) is 25.1 Å². The van der Waals surface area contributed by atoms with Crippen molar-refractivity contribution in [3.8, 4) is 5.75 Å². The molecule has 0 radical (unpaired) electrons. The second-order valence-corrected chi connectivity index (χ2v) is 5.76. The maximum atomic E-state index is 5.67. The Bertz CT molecular complexity index is 579. The van der Waals surface area contributed by atoms with E-state index in [1.54, 1.807) is 0 Å². The van der Waals surface area contributed by atoms with Crippen LogP contribution in [0.25, 0.3) is 0 Å². The second kappa shape index (κ2) is 6.94. The van der Waals surface area contributed by atoms with Crippen LogP contribution in [0, 0.1) is 0 Å². The van der Waals surface area contributed by atoms with Gasteiger partial charge in [0, 0.05) is 12.5 Å². The third-order valence-electron chi connectivity index (χ3n) is 3.76. The zero-order valence-electron chi connectivity index (χ0n) is 12.9. The van der Waals surface area contributed by atoms with Crippen molar-refractivity contribution in [3.05, 3.63) is 47.9 Å². The Labute approximate surface area is 130 Å². The SMILES string of the molecule is CCCNC1(Cc2cc(COc3ccccc3)on2)COC1. The summed E-state index contributed by atoms with van der Waals surface area (Å²) in [7, 11) is 0. The number of para-hydroxylation sites is 1. The van der Waals surface area contributed by atoms with Crippen molar-refractivity contribution in [1.82, 2.24) is 10.5 Å². The fourth-order valence-electron chi connectivity index (χ4n) is 2.53. The summed E-state index contributed by atoms with van der Waals surface area (Å²) in [6, 6.07) is 11.7. The van der Waals surface area contributed by atoms with Gasteiger partial charge in [-0.2, -0.15) is 0 Å². The van der Waals surface area contributed by atoms with Crippen LogP contribution in [0.2, 0.25) is 0 Å². The fourth-order valence-corrected chi connectivity index (χ4v) is 2.53. The number of rotatable bonds is 8. The molecular formula is C17H22N2O3. The molecule has 0 saturated carbocycles. The van der Waals surface area contributed by atoms with E-state index in [4.69, 9.17) is 14.0 Å². The number of benzene rings is 1. The summed E-state index contributed by atoms with van der Waals surface area (Å²) in [6.07, 6.45) is 1.93. The van der Waals surface area contributed by atoms with Gasteiger partial charge >= 0.3 is 0 Å². The molecule has 1 saturated heterocycles. The lowest BCUT2D eigenvalue weighted by Gasteiger charge is -2.42. The van der Waals surface area contributed by atoms with Crippen LogP contribution in [-0.4, -0.2) is 30.5 Å². The molecule has 0 amide bonds. The predicted molar refractivity (Wildman–Crippen MR) is 82.8 cm³/mol. The summed E-state index contributed by atoms with van der Waals surface area (Å²) in [5.41, 5.74) is 0.961. The summed E-state index contributed by atoms with van der Waals surface area (Å²) in [5.74, 6) is 1.57. The van der Waals surface area contributed by atoms with E-state index in [1.165, 1.54) is 0 Å². The number of nitrogens with zero attached hydrogens (tertiary/aromatic N) is 1. The van der Waals surface area contributed by atoms with E-state index in [0.717, 1.165) is 49.8 Å². The monoisotopic (exact) mass is 302 g/mol. The number of hydrogen-bond acceptors (Lipinski definition) is 5. The fraction of sp³-hybridized carbons (Fsp3) is 0.471. The van der Waals surface area contributed by atoms with E-state index in [-0.39, 0.29) is 5.54 Å². The first kappa shape index (κ1) is 15.1. The summed E-state index contributed by atoms with van der Waals surface area (Å²) in [6.45, 7) is 5.01. The average molecular weight is 302 g/mol. The molecule has 2 aromatic rings. The van der Waals surface area contributed by atoms with Crippen LogP contribution < -0.4 is 10.1 Å². The molecule has 118 valence electrons. The number of ether oxygens (including phenoxy) is 2. The smallest absolute Gasteiger partial charge is 0.174 e. The Kier molecular flexibility index (Phi) is 4.75. The molecule has 1 fully saturated rings. The zero-order valence-corrected chi connectivity index (χ0v) is 12.9. The van der Waals surface area contributed by atoms with Gasteiger partial charge in [-0.1, -0.05) is 30.3 Å². The quantitative estimate of drug-likeness (QED) is 0.812. The number of nitrogens with one attached hydrogen (secondary N) is 1. The minimum Gasteiger partial charge on any atom is -0.486 e. The van der Waals surface area contributed by atoms with E-state index in [0.29, 0.717) is 6.61 Å². The standard InChI is InChI=1S/C17H22N2O3/c1-2-8-18-17(12-20-13-17)10-14-9-16(22-19-14)11-21-15-6-4-3-5-7-15/h3-7,9,18H,2,8,10-13H2,1H3. The van der Waals surface area contributed by atoms with E-state index in [9.17, 15) is 0 Å². The van der Waals surface area contributed by atoms with Crippen LogP contribution in [0.4, 0.5) is 0 Å². The molecule has 1 aliphatic heterocycles.